The van der Waals surface area contributed by atoms with E-state index in [0.29, 0.717) is 5.02 Å². The molecule has 0 N–H and O–H groups in total. The molecule has 4 rings (SSSR count). The highest BCUT2D eigenvalue weighted by Crippen LogP contribution is 2.33. The molecule has 116 valence electrons. The van der Waals surface area contributed by atoms with Crippen LogP contribution in [-0.4, -0.2) is 4.98 Å². The van der Waals surface area contributed by atoms with Gasteiger partial charge in [0.25, 0.3) is 0 Å². The van der Waals surface area contributed by atoms with E-state index in [0.717, 1.165) is 33.7 Å². The summed E-state index contributed by atoms with van der Waals surface area (Å²) in [5.74, 6) is 1.58. The van der Waals surface area contributed by atoms with E-state index in [-0.39, 0.29) is 0 Å². The number of para-hydroxylation sites is 2. The van der Waals surface area contributed by atoms with Crippen molar-refractivity contribution in [3.8, 4) is 22.8 Å². The molecule has 3 heteroatoms. The Kier molecular flexibility index (Phi) is 3.89. The smallest absolute Gasteiger partial charge is 0.138 e. The quantitative estimate of drug-likeness (QED) is 0.436. The van der Waals surface area contributed by atoms with Crippen molar-refractivity contribution in [3.63, 3.8) is 0 Å². The van der Waals surface area contributed by atoms with Gasteiger partial charge in [-0.25, -0.2) is 4.98 Å². The molecule has 2 nitrogen and oxygen atoms in total. The summed E-state index contributed by atoms with van der Waals surface area (Å²) in [5.41, 5.74) is 2.69. The zero-order chi connectivity index (χ0) is 16.4. The van der Waals surface area contributed by atoms with Gasteiger partial charge < -0.3 is 4.74 Å². The molecule has 0 radical (unpaired) electrons. The molecule has 0 bridgehead atoms. The van der Waals surface area contributed by atoms with Gasteiger partial charge in [0.05, 0.1) is 11.2 Å². The van der Waals surface area contributed by atoms with E-state index in [2.05, 4.69) is 0 Å². The second-order valence-electron chi connectivity index (χ2n) is 5.45. The summed E-state index contributed by atoms with van der Waals surface area (Å²) in [6, 6.07) is 27.4. The van der Waals surface area contributed by atoms with Crippen LogP contribution in [0.15, 0.2) is 84.9 Å². The highest BCUT2D eigenvalue weighted by atomic mass is 35.5. The first-order valence-electron chi connectivity index (χ1n) is 7.68. The fourth-order valence-electron chi connectivity index (χ4n) is 2.64. The van der Waals surface area contributed by atoms with Gasteiger partial charge in [-0.1, -0.05) is 54.1 Å². The van der Waals surface area contributed by atoms with Crippen LogP contribution in [0.1, 0.15) is 0 Å². The van der Waals surface area contributed by atoms with Crippen molar-refractivity contribution in [1.82, 2.24) is 4.98 Å². The zero-order valence-corrected chi connectivity index (χ0v) is 13.6. The number of hydrogen-bond donors (Lipinski definition) is 0. The number of fused-ring (bicyclic) bond motifs is 1. The van der Waals surface area contributed by atoms with Crippen molar-refractivity contribution >= 4 is 22.5 Å². The summed E-state index contributed by atoms with van der Waals surface area (Å²) in [7, 11) is 0. The van der Waals surface area contributed by atoms with Crippen molar-refractivity contribution in [3.05, 3.63) is 90.0 Å². The van der Waals surface area contributed by atoms with Crippen LogP contribution < -0.4 is 4.74 Å². The minimum absolute atomic E-state index is 0.688. The van der Waals surface area contributed by atoms with Gasteiger partial charge in [0.2, 0.25) is 0 Å². The topological polar surface area (TPSA) is 22.1 Å². The Labute approximate surface area is 145 Å². The maximum absolute atomic E-state index is 6.12. The summed E-state index contributed by atoms with van der Waals surface area (Å²) in [6.45, 7) is 0. The molecule has 0 atom stereocenters. The second-order valence-corrected chi connectivity index (χ2v) is 5.88. The highest BCUT2D eigenvalue weighted by Gasteiger charge is 2.09. The predicted molar refractivity (Wildman–Crippen MR) is 98.7 cm³/mol. The molecule has 1 aromatic heterocycles. The van der Waals surface area contributed by atoms with Gasteiger partial charge in [0.1, 0.15) is 11.5 Å². The van der Waals surface area contributed by atoms with Crippen LogP contribution in [0.5, 0.6) is 11.5 Å². The molecule has 0 aliphatic rings. The third kappa shape index (κ3) is 2.97. The molecule has 0 saturated heterocycles. The maximum atomic E-state index is 6.12. The molecule has 0 aliphatic carbocycles. The molecule has 4 aromatic rings. The first-order valence-corrected chi connectivity index (χ1v) is 8.06. The Morgan fingerprint density at radius 1 is 0.750 bits per heavy atom. The summed E-state index contributed by atoms with van der Waals surface area (Å²) in [4.78, 5) is 4.75. The minimum atomic E-state index is 0.688. The second kappa shape index (κ2) is 6.34. The lowest BCUT2D eigenvalue weighted by Gasteiger charge is -2.11. The van der Waals surface area contributed by atoms with Gasteiger partial charge in [-0.2, -0.15) is 0 Å². The van der Waals surface area contributed by atoms with Gasteiger partial charge in [-0.05, 0) is 36.4 Å². The monoisotopic (exact) mass is 331 g/mol. The fourth-order valence-corrected chi connectivity index (χ4v) is 2.83. The molecule has 0 saturated carbocycles. The number of halogens is 1. The van der Waals surface area contributed by atoms with Crippen LogP contribution in [0.3, 0.4) is 0 Å². The van der Waals surface area contributed by atoms with Crippen LogP contribution in [0.2, 0.25) is 5.02 Å². The summed E-state index contributed by atoms with van der Waals surface area (Å²) >= 11 is 6.12. The van der Waals surface area contributed by atoms with Crippen LogP contribution >= 0.6 is 11.6 Å². The third-order valence-electron chi connectivity index (χ3n) is 3.77. The number of ether oxygens (including phenoxy) is 1. The zero-order valence-electron chi connectivity index (χ0n) is 12.8. The van der Waals surface area contributed by atoms with E-state index in [1.165, 1.54) is 0 Å². The lowest BCUT2D eigenvalue weighted by molar-refractivity contribution is 0.488. The van der Waals surface area contributed by atoms with Gasteiger partial charge in [0, 0.05) is 22.0 Å². The normalized spacial score (nSPS) is 10.7. The van der Waals surface area contributed by atoms with Crippen molar-refractivity contribution in [2.24, 2.45) is 0 Å². The molecule has 0 spiro atoms. The van der Waals surface area contributed by atoms with Crippen LogP contribution in [0.25, 0.3) is 22.2 Å². The van der Waals surface area contributed by atoms with E-state index >= 15 is 0 Å². The SMILES string of the molecule is Clc1cccc(-c2cc(Oc3ccccc3)c3ccccc3n2)c1. The maximum Gasteiger partial charge on any atom is 0.138 e. The predicted octanol–water partition coefficient (Wildman–Crippen LogP) is 6.35. The van der Waals surface area contributed by atoms with Crippen LogP contribution in [0, 0.1) is 0 Å². The van der Waals surface area contributed by atoms with Gasteiger partial charge in [-0.15, -0.1) is 0 Å². The Hall–Kier alpha value is -2.84. The first-order chi connectivity index (χ1) is 11.8. The number of hydrogen-bond acceptors (Lipinski definition) is 2. The minimum Gasteiger partial charge on any atom is -0.457 e. The third-order valence-corrected chi connectivity index (χ3v) is 4.00. The summed E-state index contributed by atoms with van der Waals surface area (Å²) in [5, 5.41) is 1.67. The van der Waals surface area contributed by atoms with Gasteiger partial charge in [-0.3, -0.25) is 0 Å². The highest BCUT2D eigenvalue weighted by molar-refractivity contribution is 6.30. The lowest BCUT2D eigenvalue weighted by Crippen LogP contribution is -1.91. The van der Waals surface area contributed by atoms with Crippen LogP contribution in [-0.2, 0) is 0 Å². The molecule has 0 amide bonds. The number of rotatable bonds is 3. The average Bonchev–Trinajstić information content (AvgIpc) is 2.62. The average molecular weight is 332 g/mol. The van der Waals surface area contributed by atoms with Crippen molar-refractivity contribution < 1.29 is 4.74 Å². The molecule has 1 heterocycles. The van der Waals surface area contributed by atoms with E-state index in [1.807, 2.05) is 84.9 Å². The molecule has 24 heavy (non-hydrogen) atoms. The summed E-state index contributed by atoms with van der Waals surface area (Å²) < 4.78 is 6.11. The fraction of sp³-hybridized carbons (Fsp3) is 0. The standard InChI is InChI=1S/C21H14ClNO/c22-16-8-6-7-15(13-16)20-14-21(24-17-9-2-1-3-10-17)18-11-4-5-12-19(18)23-20/h1-14H. The molecular weight excluding hydrogens is 318 g/mol. The van der Waals surface area contributed by atoms with E-state index in [9.17, 15) is 0 Å². The first kappa shape index (κ1) is 14.7. The Balaban J connectivity index is 1.88. The van der Waals surface area contributed by atoms with E-state index in [1.54, 1.807) is 0 Å². The summed E-state index contributed by atoms with van der Waals surface area (Å²) in [6.07, 6.45) is 0. The number of nitrogens with zero attached hydrogens (tertiary/aromatic N) is 1. The van der Waals surface area contributed by atoms with Crippen molar-refractivity contribution in [2.45, 2.75) is 0 Å². The molecule has 3 aromatic carbocycles. The Morgan fingerprint density at radius 2 is 1.54 bits per heavy atom. The van der Waals surface area contributed by atoms with E-state index in [4.69, 9.17) is 21.3 Å². The Bertz CT molecular complexity index is 999. The van der Waals surface area contributed by atoms with Crippen molar-refractivity contribution in [1.29, 1.82) is 0 Å². The molecule has 0 unspecified atom stereocenters. The molecule has 0 fully saturated rings. The molecular formula is C21H14ClNO. The lowest BCUT2D eigenvalue weighted by atomic mass is 10.1. The number of aromatic nitrogens is 1. The molecule has 0 aliphatic heterocycles. The largest absolute Gasteiger partial charge is 0.457 e. The van der Waals surface area contributed by atoms with Crippen molar-refractivity contribution in [2.75, 3.05) is 0 Å². The van der Waals surface area contributed by atoms with Crippen LogP contribution in [0.4, 0.5) is 0 Å². The van der Waals surface area contributed by atoms with E-state index < -0.39 is 0 Å². The van der Waals surface area contributed by atoms with Gasteiger partial charge in [0.15, 0.2) is 0 Å². The number of benzene rings is 3. The Morgan fingerprint density at radius 3 is 2.38 bits per heavy atom. The number of pyridine rings is 1. The van der Waals surface area contributed by atoms with Gasteiger partial charge >= 0.3 is 0 Å².